The van der Waals surface area contributed by atoms with Crippen LogP contribution in [-0.4, -0.2) is 46.8 Å². The molecule has 1 saturated heterocycles. The average Bonchev–Trinajstić information content (AvgIpc) is 3.28. The molecule has 6 heteroatoms. The summed E-state index contributed by atoms with van der Waals surface area (Å²) in [5.41, 5.74) is 0.873. The van der Waals surface area contributed by atoms with Crippen LogP contribution in [0.1, 0.15) is 20.7 Å². The van der Waals surface area contributed by atoms with E-state index in [4.69, 9.17) is 9.47 Å². The van der Waals surface area contributed by atoms with Crippen molar-refractivity contribution in [1.29, 1.82) is 0 Å². The smallest absolute Gasteiger partial charge is 0.261 e. The van der Waals surface area contributed by atoms with Crippen LogP contribution in [0.3, 0.4) is 0 Å². The van der Waals surface area contributed by atoms with Gasteiger partial charge in [-0.05, 0) is 24.3 Å². The highest BCUT2D eigenvalue weighted by Crippen LogP contribution is 2.29. The van der Waals surface area contributed by atoms with E-state index in [1.54, 1.807) is 24.3 Å². The van der Waals surface area contributed by atoms with Gasteiger partial charge in [-0.15, -0.1) is 0 Å². The molecule has 0 aliphatic carbocycles. The lowest BCUT2D eigenvalue weighted by Crippen LogP contribution is -2.49. The average molecular weight is 312 g/mol. The Morgan fingerprint density at radius 3 is 2.00 bits per heavy atom. The fourth-order valence-corrected chi connectivity index (χ4v) is 3.11. The molecule has 1 aromatic carbocycles. The minimum absolute atomic E-state index is 0.0809. The molecule has 0 bridgehead atoms. The van der Waals surface area contributed by atoms with Crippen molar-refractivity contribution in [3.8, 4) is 0 Å². The Balaban J connectivity index is 1.61. The minimum Gasteiger partial charge on any atom is -0.349 e. The highest BCUT2D eigenvalue weighted by atomic mass is 16.7. The molecule has 1 fully saturated rings. The van der Waals surface area contributed by atoms with Crippen LogP contribution < -0.4 is 0 Å². The lowest BCUT2D eigenvalue weighted by Gasteiger charge is -2.31. The monoisotopic (exact) mass is 312 g/mol. The van der Waals surface area contributed by atoms with Crippen LogP contribution in [0.2, 0.25) is 0 Å². The summed E-state index contributed by atoms with van der Waals surface area (Å²) in [5, 5.41) is 0. The standard InChI is InChI=1S/C17H16N2O4/c20-15-13-5-1-2-6-14(13)16(21)19(15)12-17(22-9-10-23-17)11-18-7-3-4-8-18/h1-8H,9-12H2. The van der Waals surface area contributed by atoms with E-state index in [1.165, 1.54) is 4.90 Å². The number of benzene rings is 1. The summed E-state index contributed by atoms with van der Waals surface area (Å²) in [6.07, 6.45) is 3.80. The van der Waals surface area contributed by atoms with Crippen LogP contribution in [-0.2, 0) is 16.0 Å². The highest BCUT2D eigenvalue weighted by molar-refractivity contribution is 6.21. The maximum atomic E-state index is 12.5. The number of hydrogen-bond acceptors (Lipinski definition) is 4. The van der Waals surface area contributed by atoms with Crippen molar-refractivity contribution in [1.82, 2.24) is 9.47 Å². The second-order valence-corrected chi connectivity index (χ2v) is 5.71. The van der Waals surface area contributed by atoms with Gasteiger partial charge in [-0.3, -0.25) is 14.5 Å². The third-order valence-electron chi connectivity index (χ3n) is 4.18. The number of carbonyl (C=O) groups is 2. The van der Waals surface area contributed by atoms with Crippen molar-refractivity contribution < 1.29 is 19.1 Å². The molecule has 2 aliphatic heterocycles. The first-order valence-corrected chi connectivity index (χ1v) is 7.52. The van der Waals surface area contributed by atoms with Crippen LogP contribution in [0.25, 0.3) is 0 Å². The van der Waals surface area contributed by atoms with Crippen molar-refractivity contribution in [3.05, 3.63) is 59.9 Å². The summed E-state index contributed by atoms with van der Waals surface area (Å²) in [7, 11) is 0. The number of nitrogens with zero attached hydrogens (tertiary/aromatic N) is 2. The van der Waals surface area contributed by atoms with Gasteiger partial charge in [-0.25, -0.2) is 0 Å². The van der Waals surface area contributed by atoms with Crippen LogP contribution in [0.15, 0.2) is 48.8 Å². The molecule has 0 atom stereocenters. The summed E-state index contributed by atoms with van der Waals surface area (Å²) >= 11 is 0. The predicted molar refractivity (Wildman–Crippen MR) is 80.9 cm³/mol. The largest absolute Gasteiger partial charge is 0.349 e. The van der Waals surface area contributed by atoms with E-state index in [0.29, 0.717) is 30.9 Å². The van der Waals surface area contributed by atoms with Gasteiger partial charge in [0.1, 0.15) is 0 Å². The fourth-order valence-electron chi connectivity index (χ4n) is 3.11. The number of fused-ring (bicyclic) bond motifs is 1. The highest BCUT2D eigenvalue weighted by Gasteiger charge is 2.45. The van der Waals surface area contributed by atoms with Crippen molar-refractivity contribution in [2.45, 2.75) is 12.3 Å². The molecule has 6 nitrogen and oxygen atoms in total. The van der Waals surface area contributed by atoms with Gasteiger partial charge in [0, 0.05) is 12.4 Å². The van der Waals surface area contributed by atoms with Gasteiger partial charge < -0.3 is 14.0 Å². The molecule has 2 aromatic rings. The molecule has 0 spiro atoms. The Hall–Kier alpha value is -2.44. The number of ether oxygens (including phenoxy) is 2. The first-order valence-electron chi connectivity index (χ1n) is 7.52. The van der Waals surface area contributed by atoms with Gasteiger partial charge in [-0.2, -0.15) is 0 Å². The van der Waals surface area contributed by atoms with Gasteiger partial charge >= 0.3 is 0 Å². The van der Waals surface area contributed by atoms with E-state index in [0.717, 1.165) is 0 Å². The summed E-state index contributed by atoms with van der Waals surface area (Å²) in [6.45, 7) is 1.40. The van der Waals surface area contributed by atoms with E-state index in [2.05, 4.69) is 0 Å². The zero-order chi connectivity index (χ0) is 15.9. The molecule has 0 saturated carbocycles. The Bertz CT molecular complexity index is 713. The third-order valence-corrected chi connectivity index (χ3v) is 4.18. The topological polar surface area (TPSA) is 60.8 Å². The quantitative estimate of drug-likeness (QED) is 0.803. The lowest BCUT2D eigenvalue weighted by molar-refractivity contribution is -0.172. The van der Waals surface area contributed by atoms with E-state index in [-0.39, 0.29) is 18.4 Å². The van der Waals surface area contributed by atoms with Crippen molar-refractivity contribution in [2.75, 3.05) is 19.8 Å². The summed E-state index contributed by atoms with van der Waals surface area (Å²) in [5.74, 6) is -1.58. The Morgan fingerprint density at radius 1 is 0.870 bits per heavy atom. The molecule has 1 aromatic heterocycles. The zero-order valence-electron chi connectivity index (χ0n) is 12.5. The predicted octanol–water partition coefficient (Wildman–Crippen LogP) is 1.53. The second-order valence-electron chi connectivity index (χ2n) is 5.71. The van der Waals surface area contributed by atoms with Crippen LogP contribution in [0.5, 0.6) is 0 Å². The second kappa shape index (κ2) is 5.33. The summed E-state index contributed by atoms with van der Waals surface area (Å²) in [6, 6.07) is 10.7. The fraction of sp³-hybridized carbons (Fsp3) is 0.294. The van der Waals surface area contributed by atoms with Crippen LogP contribution >= 0.6 is 0 Å². The summed E-state index contributed by atoms with van der Waals surface area (Å²) in [4.78, 5) is 26.3. The Labute approximate surface area is 133 Å². The molecule has 4 rings (SSSR count). The van der Waals surface area contributed by atoms with Gasteiger partial charge in [0.25, 0.3) is 11.8 Å². The van der Waals surface area contributed by atoms with Gasteiger partial charge in [0.15, 0.2) is 0 Å². The van der Waals surface area contributed by atoms with Gasteiger partial charge in [0.05, 0.1) is 37.4 Å². The Morgan fingerprint density at radius 2 is 1.43 bits per heavy atom. The maximum absolute atomic E-state index is 12.5. The lowest BCUT2D eigenvalue weighted by atomic mass is 10.1. The number of rotatable bonds is 4. The molecule has 3 heterocycles. The van der Waals surface area contributed by atoms with E-state index in [1.807, 2.05) is 29.1 Å². The van der Waals surface area contributed by atoms with E-state index < -0.39 is 5.79 Å². The SMILES string of the molecule is O=C1c2ccccc2C(=O)N1CC1(Cn2cccc2)OCCO1. The van der Waals surface area contributed by atoms with Crippen molar-refractivity contribution in [3.63, 3.8) is 0 Å². The molecule has 0 N–H and O–H groups in total. The van der Waals surface area contributed by atoms with Crippen LogP contribution in [0.4, 0.5) is 0 Å². The molecule has 118 valence electrons. The molecular formula is C17H16N2O4. The Kier molecular flexibility index (Phi) is 3.28. The van der Waals surface area contributed by atoms with Gasteiger partial charge in [-0.1, -0.05) is 12.1 Å². The number of aromatic nitrogens is 1. The molecule has 0 radical (unpaired) electrons. The van der Waals surface area contributed by atoms with E-state index >= 15 is 0 Å². The minimum atomic E-state index is -0.994. The molecule has 23 heavy (non-hydrogen) atoms. The van der Waals surface area contributed by atoms with Crippen molar-refractivity contribution >= 4 is 11.8 Å². The number of carbonyl (C=O) groups excluding carboxylic acids is 2. The number of amides is 2. The normalized spacial score (nSPS) is 19.4. The molecule has 2 aliphatic rings. The maximum Gasteiger partial charge on any atom is 0.261 e. The van der Waals surface area contributed by atoms with Gasteiger partial charge in [0.2, 0.25) is 5.79 Å². The molecular weight excluding hydrogens is 296 g/mol. The summed E-state index contributed by atoms with van der Waals surface area (Å²) < 4.78 is 13.5. The number of imide groups is 1. The zero-order valence-corrected chi connectivity index (χ0v) is 12.5. The van der Waals surface area contributed by atoms with Crippen molar-refractivity contribution in [2.24, 2.45) is 0 Å². The molecule has 0 unspecified atom stereocenters. The third kappa shape index (κ3) is 2.36. The first kappa shape index (κ1) is 14.2. The first-order chi connectivity index (χ1) is 11.2. The number of hydrogen-bond donors (Lipinski definition) is 0. The molecule has 2 amide bonds. The van der Waals surface area contributed by atoms with Crippen LogP contribution in [0, 0.1) is 0 Å². The van der Waals surface area contributed by atoms with E-state index in [9.17, 15) is 9.59 Å².